The molecule has 0 amide bonds. The van der Waals surface area contributed by atoms with Gasteiger partial charge in [-0.15, -0.1) is 0 Å². The molecule has 6 heteroatoms. The van der Waals surface area contributed by atoms with Crippen molar-refractivity contribution in [3.8, 4) is 11.4 Å². The molecule has 0 spiro atoms. The van der Waals surface area contributed by atoms with Crippen LogP contribution in [0.25, 0.3) is 11.4 Å². The van der Waals surface area contributed by atoms with Crippen LogP contribution in [0.3, 0.4) is 0 Å². The predicted octanol–water partition coefficient (Wildman–Crippen LogP) is 5.32. The van der Waals surface area contributed by atoms with E-state index in [-0.39, 0.29) is 5.78 Å². The molecule has 0 saturated heterocycles. The predicted molar refractivity (Wildman–Crippen MR) is 85.6 cm³/mol. The van der Waals surface area contributed by atoms with E-state index in [2.05, 4.69) is 16.9 Å². The number of hydrogen-bond donors (Lipinski definition) is 0. The molecule has 128 valence electrons. The summed E-state index contributed by atoms with van der Waals surface area (Å²) >= 11 is 0. The fourth-order valence-corrected chi connectivity index (χ4v) is 2.29. The van der Waals surface area contributed by atoms with E-state index in [9.17, 15) is 18.0 Å². The van der Waals surface area contributed by atoms with Crippen molar-refractivity contribution in [3.05, 3.63) is 47.8 Å². The Labute approximate surface area is 139 Å². The zero-order valence-corrected chi connectivity index (χ0v) is 13.4. The number of rotatable bonds is 7. The number of carbonyl (C=O) groups excluding carboxylic acids is 1. The van der Waals surface area contributed by atoms with Crippen molar-refractivity contribution in [2.24, 2.45) is 0 Å². The molecule has 2 rings (SSSR count). The van der Waals surface area contributed by atoms with Gasteiger partial charge in [-0.05, 0) is 18.6 Å². The molecule has 0 aliphatic carbocycles. The van der Waals surface area contributed by atoms with E-state index in [1.807, 2.05) is 0 Å². The first-order valence-corrected chi connectivity index (χ1v) is 7.94. The van der Waals surface area contributed by atoms with Gasteiger partial charge in [-0.3, -0.25) is 4.79 Å². The van der Waals surface area contributed by atoms with Crippen LogP contribution in [0.4, 0.5) is 13.2 Å². The second-order valence-electron chi connectivity index (χ2n) is 5.60. The topological polar surface area (TPSA) is 42.9 Å². The first-order valence-electron chi connectivity index (χ1n) is 7.94. The van der Waals surface area contributed by atoms with Crippen molar-refractivity contribution in [2.45, 2.75) is 45.2 Å². The number of benzene rings is 1. The van der Waals surface area contributed by atoms with Crippen LogP contribution in [0.1, 0.15) is 54.9 Å². The van der Waals surface area contributed by atoms with Gasteiger partial charge in [0.25, 0.3) is 0 Å². The number of ketones is 1. The number of Topliss-reactive ketones (excluding diaryl/α,β-unsaturated/α-hetero) is 1. The molecule has 0 N–H and O–H groups in total. The minimum absolute atomic E-state index is 0.00919. The van der Waals surface area contributed by atoms with Crippen molar-refractivity contribution in [1.82, 2.24) is 9.97 Å². The number of carbonyl (C=O) groups is 1. The largest absolute Gasteiger partial charge is 0.416 e. The molecular weight excluding hydrogens is 317 g/mol. The van der Waals surface area contributed by atoms with Gasteiger partial charge in [0, 0.05) is 24.4 Å². The van der Waals surface area contributed by atoms with Crippen LogP contribution < -0.4 is 0 Å². The van der Waals surface area contributed by atoms with Gasteiger partial charge in [-0.2, -0.15) is 13.2 Å². The number of halogens is 3. The molecule has 0 fully saturated rings. The Morgan fingerprint density at radius 3 is 2.17 bits per heavy atom. The molecule has 0 atom stereocenters. The van der Waals surface area contributed by atoms with Crippen molar-refractivity contribution in [1.29, 1.82) is 0 Å². The normalized spacial score (nSPS) is 11.5. The highest BCUT2D eigenvalue weighted by Gasteiger charge is 2.30. The summed E-state index contributed by atoms with van der Waals surface area (Å²) in [5.41, 5.74) is 0.192. The van der Waals surface area contributed by atoms with E-state index in [1.165, 1.54) is 24.5 Å². The van der Waals surface area contributed by atoms with Crippen LogP contribution >= 0.6 is 0 Å². The van der Waals surface area contributed by atoms with Crippen LogP contribution in [-0.4, -0.2) is 15.8 Å². The zero-order chi connectivity index (χ0) is 17.6. The van der Waals surface area contributed by atoms with E-state index in [1.54, 1.807) is 0 Å². The lowest BCUT2D eigenvalue weighted by Gasteiger charge is -2.07. The molecule has 24 heavy (non-hydrogen) atoms. The molecule has 0 radical (unpaired) electrons. The van der Waals surface area contributed by atoms with Gasteiger partial charge in [0.2, 0.25) is 0 Å². The lowest BCUT2D eigenvalue weighted by molar-refractivity contribution is -0.137. The van der Waals surface area contributed by atoms with E-state index in [0.29, 0.717) is 23.4 Å². The fourth-order valence-electron chi connectivity index (χ4n) is 2.29. The summed E-state index contributed by atoms with van der Waals surface area (Å²) in [5, 5.41) is 0. The average Bonchev–Trinajstić information content (AvgIpc) is 2.58. The van der Waals surface area contributed by atoms with E-state index < -0.39 is 11.7 Å². The first kappa shape index (κ1) is 18.1. The molecule has 0 saturated carbocycles. The monoisotopic (exact) mass is 336 g/mol. The maximum atomic E-state index is 12.5. The van der Waals surface area contributed by atoms with Crippen molar-refractivity contribution in [2.75, 3.05) is 0 Å². The Kier molecular flexibility index (Phi) is 6.06. The lowest BCUT2D eigenvalue weighted by atomic mass is 10.1. The van der Waals surface area contributed by atoms with Crippen LogP contribution in [0, 0.1) is 0 Å². The summed E-state index contributed by atoms with van der Waals surface area (Å²) in [6.45, 7) is 2.11. The van der Waals surface area contributed by atoms with Gasteiger partial charge >= 0.3 is 6.18 Å². The van der Waals surface area contributed by atoms with Crippen LogP contribution in [0.15, 0.2) is 36.7 Å². The third-order valence-corrected chi connectivity index (χ3v) is 3.70. The Bertz CT molecular complexity index is 664. The fraction of sp³-hybridized carbons (Fsp3) is 0.389. The van der Waals surface area contributed by atoms with Crippen LogP contribution in [0.2, 0.25) is 0 Å². The molecule has 2 aromatic rings. The molecule has 1 heterocycles. The molecule has 0 aliphatic heterocycles. The molecule has 0 unspecified atom stereocenters. The molecular formula is C18H19F3N2O. The third-order valence-electron chi connectivity index (χ3n) is 3.70. The molecule has 0 aliphatic rings. The molecule has 0 bridgehead atoms. The maximum absolute atomic E-state index is 12.5. The van der Waals surface area contributed by atoms with Gasteiger partial charge in [0.15, 0.2) is 11.6 Å². The summed E-state index contributed by atoms with van der Waals surface area (Å²) in [7, 11) is 0. The summed E-state index contributed by atoms with van der Waals surface area (Å²) in [4.78, 5) is 20.2. The highest BCUT2D eigenvalue weighted by atomic mass is 19.4. The molecule has 1 aromatic heterocycles. The SMILES string of the molecule is CCCCCCC(=O)c1cnc(-c2ccc(C(F)(F)F)cc2)nc1. The Balaban J connectivity index is 2.02. The Morgan fingerprint density at radius 1 is 1.00 bits per heavy atom. The standard InChI is InChI=1S/C18H19F3N2O/c1-2-3-4-5-6-16(24)14-11-22-17(23-12-14)13-7-9-15(10-8-13)18(19,20)21/h7-12H,2-6H2,1H3. The molecule has 1 aromatic carbocycles. The zero-order valence-electron chi connectivity index (χ0n) is 13.4. The van der Waals surface area contributed by atoms with Gasteiger partial charge in [-0.1, -0.05) is 38.3 Å². The highest BCUT2D eigenvalue weighted by Crippen LogP contribution is 2.30. The number of nitrogens with zero attached hydrogens (tertiary/aromatic N) is 2. The quantitative estimate of drug-likeness (QED) is 0.508. The average molecular weight is 336 g/mol. The lowest BCUT2D eigenvalue weighted by Crippen LogP contribution is -2.04. The highest BCUT2D eigenvalue weighted by molar-refractivity contribution is 5.95. The third kappa shape index (κ3) is 4.88. The molecule has 3 nitrogen and oxygen atoms in total. The summed E-state index contributed by atoms with van der Waals surface area (Å²) in [6, 6.07) is 4.63. The Hall–Kier alpha value is -2.24. The van der Waals surface area contributed by atoms with E-state index in [0.717, 1.165) is 37.8 Å². The maximum Gasteiger partial charge on any atom is 0.416 e. The van der Waals surface area contributed by atoms with Crippen molar-refractivity contribution < 1.29 is 18.0 Å². The minimum Gasteiger partial charge on any atom is -0.294 e. The second-order valence-corrected chi connectivity index (χ2v) is 5.60. The first-order chi connectivity index (χ1) is 11.4. The van der Waals surface area contributed by atoms with Crippen LogP contribution in [0.5, 0.6) is 0 Å². The van der Waals surface area contributed by atoms with Crippen molar-refractivity contribution in [3.63, 3.8) is 0 Å². The van der Waals surface area contributed by atoms with E-state index >= 15 is 0 Å². The van der Waals surface area contributed by atoms with Gasteiger partial charge in [0.05, 0.1) is 11.1 Å². The number of alkyl halides is 3. The Morgan fingerprint density at radius 2 is 1.62 bits per heavy atom. The summed E-state index contributed by atoms with van der Waals surface area (Å²) in [5.74, 6) is 0.288. The smallest absolute Gasteiger partial charge is 0.294 e. The number of hydrogen-bond acceptors (Lipinski definition) is 3. The minimum atomic E-state index is -4.37. The van der Waals surface area contributed by atoms with Crippen LogP contribution in [-0.2, 0) is 6.18 Å². The van der Waals surface area contributed by atoms with Gasteiger partial charge < -0.3 is 0 Å². The van der Waals surface area contributed by atoms with E-state index in [4.69, 9.17) is 0 Å². The van der Waals surface area contributed by atoms with Crippen molar-refractivity contribution >= 4 is 5.78 Å². The summed E-state index contributed by atoms with van der Waals surface area (Å²) < 4.78 is 37.6. The van der Waals surface area contributed by atoms with Gasteiger partial charge in [-0.25, -0.2) is 9.97 Å². The second kappa shape index (κ2) is 8.04. The summed E-state index contributed by atoms with van der Waals surface area (Å²) in [6.07, 6.45) is 3.04. The number of aromatic nitrogens is 2. The van der Waals surface area contributed by atoms with Gasteiger partial charge in [0.1, 0.15) is 0 Å². The number of unbranched alkanes of at least 4 members (excludes halogenated alkanes) is 3.